The van der Waals surface area contributed by atoms with Crippen LogP contribution in [0.25, 0.3) is 0 Å². The monoisotopic (exact) mass is 295 g/mol. The molecule has 0 aliphatic rings. The summed E-state index contributed by atoms with van der Waals surface area (Å²) in [6, 6.07) is -0.314. The average Bonchev–Trinajstić information content (AvgIpc) is 2.57. The Morgan fingerprint density at radius 3 is 1.61 bits per heavy atom. The van der Waals surface area contributed by atoms with E-state index >= 15 is 0 Å². The second-order valence-corrected chi connectivity index (χ2v) is 3.68. The number of rotatable bonds is 3. The molecule has 2 nitrogen and oxygen atoms in total. The molecule has 0 bridgehead atoms. The molecule has 0 amide bonds. The first-order valence-corrected chi connectivity index (χ1v) is 6.52. The number of hydrogen-bond donors (Lipinski definition) is 2. The lowest BCUT2D eigenvalue weighted by Gasteiger charge is -2.10. The maximum Gasteiger partial charge on any atom is 0.0951 e. The molecule has 0 rings (SSSR count). The van der Waals surface area contributed by atoms with E-state index in [4.69, 9.17) is 5.73 Å². The van der Waals surface area contributed by atoms with Gasteiger partial charge in [-0.3, -0.25) is 0 Å². The van der Waals surface area contributed by atoms with Crippen LogP contribution in [0, 0.1) is 0 Å². The molecule has 3 N–H and O–H groups in total. The predicted molar refractivity (Wildman–Crippen MR) is 87.2 cm³/mol. The van der Waals surface area contributed by atoms with Gasteiger partial charge in [-0.15, -0.1) is 0 Å². The summed E-state index contributed by atoms with van der Waals surface area (Å²) in [7, 11) is 0. The molecule has 0 aromatic carbocycles. The highest BCUT2D eigenvalue weighted by Gasteiger charge is 2.07. The molecule has 2 atom stereocenters. The molecule has 0 aliphatic heterocycles. The minimum absolute atomic E-state index is 0.314. The Labute approximate surface area is 135 Å². The zero-order valence-electron chi connectivity index (χ0n) is 12.7. The minimum Gasteiger partial charge on any atom is -0.387 e. The molecule has 2 heteroatoms. The van der Waals surface area contributed by atoms with Crippen LogP contribution in [0.2, 0.25) is 0 Å². The normalized spacial score (nSPS) is 8.65. The molecule has 108 valence electrons. The van der Waals surface area contributed by atoms with Gasteiger partial charge in [-0.1, -0.05) is 18.4 Å². The van der Waals surface area contributed by atoms with Gasteiger partial charge >= 0.3 is 0 Å². The second-order valence-electron chi connectivity index (χ2n) is 3.68. The van der Waals surface area contributed by atoms with Crippen LogP contribution in [0.1, 0.15) is 13.3 Å². The van der Waals surface area contributed by atoms with Crippen LogP contribution in [-0.2, 0) is 0 Å². The summed E-state index contributed by atoms with van der Waals surface area (Å²) < 4.78 is 0. The molecule has 0 aliphatic carbocycles. The van der Waals surface area contributed by atoms with Crippen LogP contribution < -0.4 is 5.73 Å². The third-order valence-electron chi connectivity index (χ3n) is 2.07. The van der Waals surface area contributed by atoms with Gasteiger partial charge in [0.05, 0.1) is 6.10 Å². The first kappa shape index (κ1) is 19.4. The van der Waals surface area contributed by atoms with E-state index in [0.717, 1.165) is 0 Å². The SMILES string of the molecule is C=C=C=C=C=C=C=C=C=C=C=C=C=C=C=C=C[C@H](O)[C@@H](N)CC. The summed E-state index contributed by atoms with van der Waals surface area (Å²) in [4.78, 5) is 0. The third kappa shape index (κ3) is 13.1. The van der Waals surface area contributed by atoms with Crippen molar-refractivity contribution >= 4 is 0 Å². The van der Waals surface area contributed by atoms with Crippen LogP contribution in [0.4, 0.5) is 0 Å². The topological polar surface area (TPSA) is 46.2 Å². The Bertz CT molecular complexity index is 979. The Morgan fingerprint density at radius 1 is 0.826 bits per heavy atom. The van der Waals surface area contributed by atoms with Gasteiger partial charge in [0.25, 0.3) is 0 Å². The lowest BCUT2D eigenvalue weighted by atomic mass is 10.1. The second kappa shape index (κ2) is 14.8. The maximum absolute atomic E-state index is 9.51. The van der Waals surface area contributed by atoms with Crippen molar-refractivity contribution in [3.8, 4) is 0 Å². The Balaban J connectivity index is 5.45. The number of aliphatic hydroxyl groups is 1. The molecule has 0 unspecified atom stereocenters. The molecule has 0 fully saturated rings. The van der Waals surface area contributed by atoms with E-state index in [0.29, 0.717) is 6.42 Å². The molecule has 0 spiro atoms. The van der Waals surface area contributed by atoms with Crippen molar-refractivity contribution in [1.82, 2.24) is 0 Å². The Hall–Kier alpha value is -3.64. The van der Waals surface area contributed by atoms with Gasteiger partial charge in [0.1, 0.15) is 0 Å². The van der Waals surface area contributed by atoms with E-state index in [-0.39, 0.29) is 6.04 Å². The van der Waals surface area contributed by atoms with E-state index in [1.807, 2.05) is 6.92 Å². The predicted octanol–water partition coefficient (Wildman–Crippen LogP) is 2.60. The zero-order chi connectivity index (χ0) is 17.2. The largest absolute Gasteiger partial charge is 0.387 e. The van der Waals surface area contributed by atoms with Gasteiger partial charge in [0.15, 0.2) is 0 Å². The molecule has 0 radical (unpaired) electrons. The summed E-state index contributed by atoms with van der Waals surface area (Å²) in [6.07, 6.45) is 1.32. The highest BCUT2D eigenvalue weighted by Crippen LogP contribution is 1.94. The van der Waals surface area contributed by atoms with Gasteiger partial charge < -0.3 is 10.8 Å². The quantitative estimate of drug-likeness (QED) is 0.786. The molecule has 23 heavy (non-hydrogen) atoms. The molecular weight excluding hydrogens is 282 g/mol. The molecule has 0 aromatic heterocycles. The minimum atomic E-state index is -0.756. The summed E-state index contributed by atoms with van der Waals surface area (Å²) in [6.45, 7) is 5.19. The third-order valence-corrected chi connectivity index (χ3v) is 2.07. The van der Waals surface area contributed by atoms with E-state index in [1.165, 1.54) is 6.08 Å². The first-order chi connectivity index (χ1) is 11.2. The zero-order valence-corrected chi connectivity index (χ0v) is 12.7. The van der Waals surface area contributed by atoms with Crippen molar-refractivity contribution in [1.29, 1.82) is 0 Å². The van der Waals surface area contributed by atoms with Crippen LogP contribution in [0.5, 0.6) is 0 Å². The number of aliphatic hydroxyl groups excluding tert-OH is 1. The lowest BCUT2D eigenvalue weighted by molar-refractivity contribution is 0.189. The van der Waals surface area contributed by atoms with Crippen LogP contribution >= 0.6 is 0 Å². The summed E-state index contributed by atoms with van der Waals surface area (Å²) in [5.74, 6) is 0. The van der Waals surface area contributed by atoms with E-state index < -0.39 is 6.10 Å². The van der Waals surface area contributed by atoms with Crippen molar-refractivity contribution < 1.29 is 5.11 Å². The van der Waals surface area contributed by atoms with Crippen LogP contribution in [0.15, 0.2) is 98.6 Å². The van der Waals surface area contributed by atoms with E-state index in [1.54, 1.807) is 0 Å². The van der Waals surface area contributed by atoms with Crippen LogP contribution in [0.3, 0.4) is 0 Å². The van der Waals surface area contributed by atoms with E-state index in [2.05, 4.69) is 92.5 Å². The Morgan fingerprint density at radius 2 is 1.22 bits per heavy atom. The van der Waals surface area contributed by atoms with Gasteiger partial charge in [0.2, 0.25) is 0 Å². The van der Waals surface area contributed by atoms with Crippen LogP contribution in [-0.4, -0.2) is 17.3 Å². The van der Waals surface area contributed by atoms with Gasteiger partial charge in [-0.25, -0.2) is 0 Å². The average molecular weight is 295 g/mol. The highest BCUT2D eigenvalue weighted by atomic mass is 16.3. The van der Waals surface area contributed by atoms with Crippen molar-refractivity contribution in [3.63, 3.8) is 0 Å². The molecular formula is C21H13NO. The standard InChI is InChI=1S/C21H13NO/c1-3-5-6-7-8-9-10-11-12-13-14-15-16-17-18-19-21(23)20(22)4-2/h19-21,23H,1,4,22H2,2H3/t20-,21-/m0/s1. The van der Waals surface area contributed by atoms with Crippen molar-refractivity contribution in [2.24, 2.45) is 5.73 Å². The summed E-state index contributed by atoms with van der Waals surface area (Å²) >= 11 is 0. The molecule has 0 heterocycles. The summed E-state index contributed by atoms with van der Waals surface area (Å²) in [5.41, 5.74) is 43.0. The number of hydrogen-bond acceptors (Lipinski definition) is 2. The number of nitrogens with two attached hydrogens (primary N) is 1. The highest BCUT2D eigenvalue weighted by molar-refractivity contribution is 4.95. The van der Waals surface area contributed by atoms with Gasteiger partial charge in [0, 0.05) is 6.04 Å². The van der Waals surface area contributed by atoms with Crippen molar-refractivity contribution in [2.45, 2.75) is 25.5 Å². The Kier molecular flexibility index (Phi) is 12.4. The fourth-order valence-corrected chi connectivity index (χ4v) is 0.916. The molecule has 0 saturated carbocycles. The summed E-state index contributed by atoms with van der Waals surface area (Å²) in [5, 5.41) is 9.51. The first-order valence-electron chi connectivity index (χ1n) is 6.52. The van der Waals surface area contributed by atoms with Gasteiger partial charge in [-0.2, -0.15) is 0 Å². The lowest BCUT2D eigenvalue weighted by Crippen LogP contribution is -2.31. The van der Waals surface area contributed by atoms with Gasteiger partial charge in [-0.05, 0) is 93.6 Å². The fraction of sp³-hybridized carbons (Fsp3) is 0.190. The van der Waals surface area contributed by atoms with Crippen molar-refractivity contribution in [2.75, 3.05) is 0 Å². The van der Waals surface area contributed by atoms with E-state index in [9.17, 15) is 5.11 Å². The smallest absolute Gasteiger partial charge is 0.0951 e. The molecule has 0 aromatic rings. The maximum atomic E-state index is 9.51. The molecule has 0 saturated heterocycles. The fourth-order valence-electron chi connectivity index (χ4n) is 0.916. The van der Waals surface area contributed by atoms with Crippen molar-refractivity contribution in [3.05, 3.63) is 98.6 Å².